The van der Waals surface area contributed by atoms with E-state index in [9.17, 15) is 14.4 Å². The standard InChI is InChI=1S/C66H104O6/c1-4-7-10-13-16-19-22-25-28-31-33-35-38-41-44-47-50-53-56-59-65(68)71-62-63(61-70-64(67)58-55-52-49-46-43-40-37-30-27-24-21-18-15-12-9-6-3)72-66(69)60-57-54-51-48-45-42-39-36-34-32-29-26-23-20-17-14-11-8-5-2/h7-12,16-21,25-30,33,35,40,43,49,52,63H,4-6,13-15,22-24,31-32,34,36-39,41-42,44-48,50-51,53-62H2,1-3H3/b10-7-,11-8-,12-9-,19-16-,20-17-,21-18-,28-25-,29-26-,30-27-,35-33-,43-40-,52-49-. The highest BCUT2D eigenvalue weighted by atomic mass is 16.6. The van der Waals surface area contributed by atoms with E-state index in [0.717, 1.165) is 135 Å². The average molecular weight is 994 g/mol. The van der Waals surface area contributed by atoms with Crippen molar-refractivity contribution in [1.29, 1.82) is 0 Å². The fourth-order valence-electron chi connectivity index (χ4n) is 7.38. The Bertz CT molecular complexity index is 1610. The monoisotopic (exact) mass is 993 g/mol. The smallest absolute Gasteiger partial charge is 0.306 e. The Kier molecular flexibility index (Phi) is 55.0. The zero-order chi connectivity index (χ0) is 52.2. The van der Waals surface area contributed by atoms with Crippen LogP contribution >= 0.6 is 0 Å². The van der Waals surface area contributed by atoms with E-state index in [-0.39, 0.29) is 37.5 Å². The summed E-state index contributed by atoms with van der Waals surface area (Å²) < 4.78 is 16.8. The van der Waals surface area contributed by atoms with Gasteiger partial charge in [-0.25, -0.2) is 0 Å². The molecular weight excluding hydrogens is 889 g/mol. The summed E-state index contributed by atoms with van der Waals surface area (Å²) in [6.07, 6.45) is 84.2. The first kappa shape index (κ1) is 67.3. The Labute approximate surface area is 442 Å². The topological polar surface area (TPSA) is 78.9 Å². The van der Waals surface area contributed by atoms with Crippen LogP contribution in [0, 0.1) is 0 Å². The van der Waals surface area contributed by atoms with E-state index in [1.807, 2.05) is 12.2 Å². The van der Waals surface area contributed by atoms with Crippen LogP contribution < -0.4 is 0 Å². The minimum absolute atomic E-state index is 0.116. The summed E-state index contributed by atoms with van der Waals surface area (Å²) in [6, 6.07) is 0. The summed E-state index contributed by atoms with van der Waals surface area (Å²) >= 11 is 0. The van der Waals surface area contributed by atoms with E-state index >= 15 is 0 Å². The first-order chi connectivity index (χ1) is 35.5. The summed E-state index contributed by atoms with van der Waals surface area (Å²) in [6.45, 7) is 6.21. The van der Waals surface area contributed by atoms with Crippen molar-refractivity contribution in [3.05, 3.63) is 146 Å². The molecule has 0 radical (unpaired) electrons. The summed E-state index contributed by atoms with van der Waals surface area (Å²) in [5.74, 6) is -1.03. The molecule has 0 aliphatic rings. The molecule has 0 amide bonds. The van der Waals surface area contributed by atoms with Crippen LogP contribution in [0.5, 0.6) is 0 Å². The van der Waals surface area contributed by atoms with Crippen molar-refractivity contribution in [3.8, 4) is 0 Å². The molecule has 0 spiro atoms. The van der Waals surface area contributed by atoms with Gasteiger partial charge in [-0.2, -0.15) is 0 Å². The highest BCUT2D eigenvalue weighted by molar-refractivity contribution is 5.71. The van der Waals surface area contributed by atoms with E-state index in [1.165, 1.54) is 51.4 Å². The number of esters is 3. The molecule has 0 aromatic heterocycles. The van der Waals surface area contributed by atoms with E-state index in [2.05, 4.69) is 154 Å². The van der Waals surface area contributed by atoms with Gasteiger partial charge in [0.05, 0.1) is 0 Å². The Morgan fingerprint density at radius 1 is 0.278 bits per heavy atom. The van der Waals surface area contributed by atoms with Crippen LogP contribution in [-0.2, 0) is 28.6 Å². The average Bonchev–Trinajstić information content (AvgIpc) is 3.38. The van der Waals surface area contributed by atoms with Crippen LogP contribution in [-0.4, -0.2) is 37.2 Å². The molecule has 404 valence electrons. The van der Waals surface area contributed by atoms with Crippen LogP contribution in [0.1, 0.15) is 233 Å². The van der Waals surface area contributed by atoms with Crippen LogP contribution in [0.3, 0.4) is 0 Å². The minimum atomic E-state index is -0.824. The predicted octanol–water partition coefficient (Wildman–Crippen LogP) is 19.6. The van der Waals surface area contributed by atoms with Crippen molar-refractivity contribution in [1.82, 2.24) is 0 Å². The third-order valence-electron chi connectivity index (χ3n) is 11.6. The molecule has 0 saturated heterocycles. The lowest BCUT2D eigenvalue weighted by Gasteiger charge is -2.18. The fraction of sp³-hybridized carbons (Fsp3) is 0.591. The van der Waals surface area contributed by atoms with Gasteiger partial charge < -0.3 is 14.2 Å². The molecule has 0 aliphatic heterocycles. The van der Waals surface area contributed by atoms with Gasteiger partial charge in [-0.05, 0) is 122 Å². The van der Waals surface area contributed by atoms with Crippen LogP contribution in [0.2, 0.25) is 0 Å². The largest absolute Gasteiger partial charge is 0.462 e. The maximum absolute atomic E-state index is 12.9. The molecule has 0 N–H and O–H groups in total. The normalized spacial score (nSPS) is 13.2. The molecule has 0 heterocycles. The molecule has 1 atom stereocenters. The Hall–Kier alpha value is -4.71. The molecule has 6 nitrogen and oxygen atoms in total. The zero-order valence-corrected chi connectivity index (χ0v) is 46.1. The molecule has 0 aliphatic carbocycles. The fourth-order valence-corrected chi connectivity index (χ4v) is 7.38. The number of ether oxygens (including phenoxy) is 3. The summed E-state index contributed by atoms with van der Waals surface area (Å²) in [4.78, 5) is 38.2. The number of hydrogen-bond donors (Lipinski definition) is 0. The maximum atomic E-state index is 12.9. The minimum Gasteiger partial charge on any atom is -0.462 e. The zero-order valence-electron chi connectivity index (χ0n) is 46.1. The first-order valence-corrected chi connectivity index (χ1v) is 28.8. The van der Waals surface area contributed by atoms with Gasteiger partial charge in [0.15, 0.2) is 6.10 Å². The van der Waals surface area contributed by atoms with Crippen molar-refractivity contribution in [3.63, 3.8) is 0 Å². The first-order valence-electron chi connectivity index (χ1n) is 28.8. The van der Waals surface area contributed by atoms with Gasteiger partial charge in [-0.1, -0.05) is 237 Å². The summed E-state index contributed by atoms with van der Waals surface area (Å²) in [7, 11) is 0. The second kappa shape index (κ2) is 58.9. The molecule has 0 bridgehead atoms. The van der Waals surface area contributed by atoms with E-state index in [1.54, 1.807) is 0 Å². The number of hydrogen-bond acceptors (Lipinski definition) is 6. The summed E-state index contributed by atoms with van der Waals surface area (Å²) in [5, 5.41) is 0. The van der Waals surface area contributed by atoms with E-state index in [0.29, 0.717) is 19.3 Å². The second-order valence-corrected chi connectivity index (χ2v) is 18.4. The van der Waals surface area contributed by atoms with Gasteiger partial charge in [-0.3, -0.25) is 14.4 Å². The number of allylic oxidation sites excluding steroid dienone is 24. The van der Waals surface area contributed by atoms with E-state index in [4.69, 9.17) is 14.2 Å². The highest BCUT2D eigenvalue weighted by Gasteiger charge is 2.19. The molecule has 0 rings (SSSR count). The van der Waals surface area contributed by atoms with Crippen molar-refractivity contribution < 1.29 is 28.6 Å². The molecular formula is C66H104O6. The summed E-state index contributed by atoms with van der Waals surface area (Å²) in [5.41, 5.74) is 0. The van der Waals surface area contributed by atoms with Crippen molar-refractivity contribution in [2.75, 3.05) is 13.2 Å². The molecule has 0 saturated carbocycles. The molecule has 0 aromatic rings. The number of unbranched alkanes of at least 4 members (excludes halogenated alkanes) is 15. The Morgan fingerprint density at radius 3 is 0.861 bits per heavy atom. The number of rotatable bonds is 50. The SMILES string of the molecule is CC/C=C\C/C=C\C/C=C\C/C=C\C/C=C\CCC(=O)OCC(COC(=O)CCCCCCCC/C=C\C/C=C\C/C=C\C/C=C\CC)OC(=O)CCCCCCCCCCC/C=C\C/C=C\C/C=C\CC. The van der Waals surface area contributed by atoms with Gasteiger partial charge in [0.1, 0.15) is 13.2 Å². The van der Waals surface area contributed by atoms with Gasteiger partial charge in [0, 0.05) is 19.3 Å². The lowest BCUT2D eigenvalue weighted by molar-refractivity contribution is -0.166. The lowest BCUT2D eigenvalue weighted by Crippen LogP contribution is -2.30. The van der Waals surface area contributed by atoms with Crippen LogP contribution in [0.15, 0.2) is 146 Å². The maximum Gasteiger partial charge on any atom is 0.306 e. The van der Waals surface area contributed by atoms with Crippen molar-refractivity contribution in [2.45, 2.75) is 239 Å². The Morgan fingerprint density at radius 2 is 0.528 bits per heavy atom. The van der Waals surface area contributed by atoms with Gasteiger partial charge in [0.2, 0.25) is 0 Å². The molecule has 0 aromatic carbocycles. The third kappa shape index (κ3) is 56.2. The van der Waals surface area contributed by atoms with Crippen molar-refractivity contribution >= 4 is 17.9 Å². The van der Waals surface area contributed by atoms with Gasteiger partial charge >= 0.3 is 17.9 Å². The molecule has 1 unspecified atom stereocenters. The number of carbonyl (C=O) groups excluding carboxylic acids is 3. The van der Waals surface area contributed by atoms with Crippen LogP contribution in [0.4, 0.5) is 0 Å². The van der Waals surface area contributed by atoms with Crippen LogP contribution in [0.25, 0.3) is 0 Å². The van der Waals surface area contributed by atoms with Gasteiger partial charge in [-0.15, -0.1) is 0 Å². The third-order valence-corrected chi connectivity index (χ3v) is 11.6. The van der Waals surface area contributed by atoms with E-state index < -0.39 is 6.10 Å². The Balaban J connectivity index is 4.53. The van der Waals surface area contributed by atoms with Crippen molar-refractivity contribution in [2.24, 2.45) is 0 Å². The molecule has 0 fully saturated rings. The quantitative estimate of drug-likeness (QED) is 0.0261. The van der Waals surface area contributed by atoms with Gasteiger partial charge in [0.25, 0.3) is 0 Å². The highest BCUT2D eigenvalue weighted by Crippen LogP contribution is 2.14. The second-order valence-electron chi connectivity index (χ2n) is 18.4. The molecule has 6 heteroatoms. The predicted molar refractivity (Wildman–Crippen MR) is 311 cm³/mol. The lowest BCUT2D eigenvalue weighted by atomic mass is 10.1. The number of carbonyl (C=O) groups is 3. The molecule has 72 heavy (non-hydrogen) atoms.